The maximum Gasteiger partial charge on any atom is 0.319 e. The molecule has 5 N–H and O–H groups in total. The lowest BCUT2D eigenvalue weighted by Crippen LogP contribution is -2.32. The van der Waals surface area contributed by atoms with Crippen LogP contribution < -0.4 is 21.1 Å². The van der Waals surface area contributed by atoms with E-state index in [9.17, 15) is 17.6 Å². The molecule has 0 fully saturated rings. The fraction of sp³-hybridized carbons (Fsp3) is 0.125. The van der Waals surface area contributed by atoms with Crippen molar-refractivity contribution < 1.29 is 17.6 Å². The summed E-state index contributed by atoms with van der Waals surface area (Å²) in [5, 5.41) is 21.8. The molecule has 2 aromatic rings. The number of halogens is 1. The molecule has 0 spiro atoms. The lowest BCUT2D eigenvalue weighted by Gasteiger charge is -2.11. The van der Waals surface area contributed by atoms with Gasteiger partial charge in [0, 0.05) is 18.8 Å². The first-order valence-electron chi connectivity index (χ1n) is 7.41. The number of rotatable bonds is 6. The molecule has 2 rings (SSSR count). The maximum atomic E-state index is 13.5. The molecule has 0 saturated carbocycles. The van der Waals surface area contributed by atoms with Crippen LogP contribution in [-0.4, -0.2) is 27.5 Å². The van der Waals surface area contributed by atoms with Crippen LogP contribution in [0, 0.1) is 17.1 Å². The highest BCUT2D eigenvalue weighted by atomic mass is 32.2. The third kappa shape index (κ3) is 5.17. The van der Waals surface area contributed by atoms with Crippen molar-refractivity contribution in [3.05, 3.63) is 53.8 Å². The van der Waals surface area contributed by atoms with E-state index in [0.29, 0.717) is 5.69 Å². The van der Waals surface area contributed by atoms with E-state index in [2.05, 4.69) is 16.0 Å². The van der Waals surface area contributed by atoms with Crippen LogP contribution >= 0.6 is 0 Å². The molecule has 0 aliphatic carbocycles. The predicted octanol–water partition coefficient (Wildman–Crippen LogP) is 1.58. The number of carbonyl (C=O) groups excluding carboxylic acids is 1. The zero-order chi connectivity index (χ0) is 19.2. The summed E-state index contributed by atoms with van der Waals surface area (Å²) in [6.45, 7) is 0.435. The van der Waals surface area contributed by atoms with Gasteiger partial charge in [-0.05, 0) is 30.3 Å². The van der Waals surface area contributed by atoms with Gasteiger partial charge in [-0.25, -0.2) is 22.7 Å². The predicted molar refractivity (Wildman–Crippen MR) is 94.4 cm³/mol. The largest absolute Gasteiger partial charge is 0.382 e. The Morgan fingerprint density at radius 1 is 1.19 bits per heavy atom. The topological polar surface area (TPSA) is 137 Å². The number of nitrogens with zero attached hydrogens (tertiary/aromatic N) is 1. The molecule has 0 radical (unpaired) electrons. The molecule has 26 heavy (non-hydrogen) atoms. The number of nitrogens with one attached hydrogen (secondary N) is 3. The van der Waals surface area contributed by atoms with Crippen LogP contribution in [0.2, 0.25) is 0 Å². The number of nitriles is 1. The molecule has 0 aliphatic heterocycles. The monoisotopic (exact) mass is 377 g/mol. The molecule has 0 aliphatic rings. The van der Waals surface area contributed by atoms with E-state index < -0.39 is 21.9 Å². The van der Waals surface area contributed by atoms with Crippen LogP contribution in [-0.2, 0) is 10.0 Å². The van der Waals surface area contributed by atoms with Crippen molar-refractivity contribution in [3.8, 4) is 6.07 Å². The third-order valence-electron chi connectivity index (χ3n) is 3.27. The van der Waals surface area contributed by atoms with Gasteiger partial charge in [-0.2, -0.15) is 5.26 Å². The van der Waals surface area contributed by atoms with Crippen LogP contribution in [0.1, 0.15) is 5.56 Å². The van der Waals surface area contributed by atoms with Gasteiger partial charge in [0.1, 0.15) is 17.4 Å². The lowest BCUT2D eigenvalue weighted by molar-refractivity contribution is 0.252. The number of carbonyl (C=O) groups is 1. The van der Waals surface area contributed by atoms with Crippen molar-refractivity contribution in [2.24, 2.45) is 5.14 Å². The number of anilines is 2. The van der Waals surface area contributed by atoms with E-state index in [0.717, 1.165) is 0 Å². The molecular weight excluding hydrogens is 361 g/mol. The standard InChI is InChI=1S/C16H16FN5O3S/c17-14-5-2-6-15(13(14)10-18)20-7-8-21-16(23)22-11-3-1-4-12(9-11)26(19,24)25/h1-6,9,20H,7-8H2,(H2,19,24,25)(H2,21,22,23). The van der Waals surface area contributed by atoms with E-state index in [4.69, 9.17) is 10.4 Å². The zero-order valence-electron chi connectivity index (χ0n) is 13.5. The Hall–Kier alpha value is -3.16. The molecule has 8 nitrogen and oxygen atoms in total. The molecule has 136 valence electrons. The highest BCUT2D eigenvalue weighted by molar-refractivity contribution is 7.89. The third-order valence-corrected chi connectivity index (χ3v) is 4.18. The number of urea groups is 1. The first kappa shape index (κ1) is 19.2. The van der Waals surface area contributed by atoms with E-state index in [-0.39, 0.29) is 29.2 Å². The summed E-state index contributed by atoms with van der Waals surface area (Å²) in [7, 11) is -3.86. The molecule has 0 aromatic heterocycles. The average Bonchev–Trinajstić information content (AvgIpc) is 2.58. The zero-order valence-corrected chi connectivity index (χ0v) is 14.3. The molecule has 0 unspecified atom stereocenters. The quantitative estimate of drug-likeness (QED) is 0.566. The smallest absolute Gasteiger partial charge is 0.319 e. The molecular formula is C16H16FN5O3S. The fourth-order valence-corrected chi connectivity index (χ4v) is 2.64. The van der Waals surface area contributed by atoms with Crippen LogP contribution in [0.4, 0.5) is 20.6 Å². The summed E-state index contributed by atoms with van der Waals surface area (Å²) in [5.41, 5.74) is 0.492. The molecule has 0 atom stereocenters. The summed E-state index contributed by atoms with van der Waals surface area (Å²) < 4.78 is 36.0. The van der Waals surface area contributed by atoms with Crippen molar-refractivity contribution in [2.75, 3.05) is 23.7 Å². The van der Waals surface area contributed by atoms with Crippen molar-refractivity contribution in [2.45, 2.75) is 4.90 Å². The molecule has 0 bridgehead atoms. The molecule has 2 amide bonds. The summed E-state index contributed by atoms with van der Waals surface area (Å²) in [4.78, 5) is 11.7. The Bertz CT molecular complexity index is 957. The van der Waals surface area contributed by atoms with E-state index in [1.165, 1.54) is 36.4 Å². The maximum absolute atomic E-state index is 13.5. The Balaban J connectivity index is 1.85. The van der Waals surface area contributed by atoms with E-state index >= 15 is 0 Å². The van der Waals surface area contributed by atoms with Crippen molar-refractivity contribution >= 4 is 27.4 Å². The number of hydrogen-bond donors (Lipinski definition) is 4. The summed E-state index contributed by atoms with van der Waals surface area (Å²) in [5.74, 6) is -0.627. The van der Waals surface area contributed by atoms with E-state index in [1.807, 2.05) is 0 Å². The van der Waals surface area contributed by atoms with Crippen LogP contribution in [0.15, 0.2) is 47.4 Å². The van der Waals surface area contributed by atoms with E-state index in [1.54, 1.807) is 12.1 Å². The van der Waals surface area contributed by atoms with Gasteiger partial charge in [-0.15, -0.1) is 0 Å². The molecule has 0 saturated heterocycles. The Morgan fingerprint density at radius 3 is 2.62 bits per heavy atom. The molecule has 2 aromatic carbocycles. The van der Waals surface area contributed by atoms with Gasteiger partial charge >= 0.3 is 6.03 Å². The van der Waals surface area contributed by atoms with Gasteiger partial charge in [0.2, 0.25) is 10.0 Å². The van der Waals surface area contributed by atoms with Gasteiger partial charge in [0.25, 0.3) is 0 Å². The second kappa shape index (κ2) is 8.28. The minimum absolute atomic E-state index is 0.100. The van der Waals surface area contributed by atoms with Crippen LogP contribution in [0.25, 0.3) is 0 Å². The second-order valence-corrected chi connectivity index (χ2v) is 6.72. The van der Waals surface area contributed by atoms with Crippen molar-refractivity contribution in [3.63, 3.8) is 0 Å². The normalized spacial score (nSPS) is 10.7. The van der Waals surface area contributed by atoms with Crippen molar-refractivity contribution in [1.82, 2.24) is 5.32 Å². The summed E-state index contributed by atoms with van der Waals surface area (Å²) in [6, 6.07) is 10.9. The van der Waals surface area contributed by atoms with Crippen molar-refractivity contribution in [1.29, 1.82) is 5.26 Å². The van der Waals surface area contributed by atoms with Gasteiger partial charge in [-0.3, -0.25) is 0 Å². The number of sulfonamides is 1. The number of nitrogens with two attached hydrogens (primary N) is 1. The Kier molecular flexibility index (Phi) is 6.11. The van der Waals surface area contributed by atoms with Gasteiger partial charge in [0.15, 0.2) is 0 Å². The number of benzene rings is 2. The SMILES string of the molecule is N#Cc1c(F)cccc1NCCNC(=O)Nc1cccc(S(N)(=O)=O)c1. The van der Waals surface area contributed by atoms with Gasteiger partial charge in [0.05, 0.1) is 10.6 Å². The average molecular weight is 377 g/mol. The minimum Gasteiger partial charge on any atom is -0.382 e. The summed E-state index contributed by atoms with van der Waals surface area (Å²) in [6.07, 6.45) is 0. The van der Waals surface area contributed by atoms with Gasteiger partial charge < -0.3 is 16.0 Å². The molecule has 0 heterocycles. The van der Waals surface area contributed by atoms with Crippen LogP contribution in [0.3, 0.4) is 0 Å². The fourth-order valence-electron chi connectivity index (χ4n) is 2.08. The first-order valence-corrected chi connectivity index (χ1v) is 8.96. The number of hydrogen-bond acceptors (Lipinski definition) is 5. The van der Waals surface area contributed by atoms with Gasteiger partial charge in [-0.1, -0.05) is 12.1 Å². The molecule has 10 heteroatoms. The first-order chi connectivity index (χ1) is 12.3. The number of primary sulfonamides is 1. The Morgan fingerprint density at radius 2 is 1.92 bits per heavy atom. The second-order valence-electron chi connectivity index (χ2n) is 5.15. The number of amides is 2. The highest BCUT2D eigenvalue weighted by Gasteiger charge is 2.10. The lowest BCUT2D eigenvalue weighted by atomic mass is 10.2. The summed E-state index contributed by atoms with van der Waals surface area (Å²) >= 11 is 0. The Labute approximate surface area is 149 Å². The minimum atomic E-state index is -3.86. The van der Waals surface area contributed by atoms with Crippen LogP contribution in [0.5, 0.6) is 0 Å². The highest BCUT2D eigenvalue weighted by Crippen LogP contribution is 2.17.